The lowest BCUT2D eigenvalue weighted by molar-refractivity contribution is 0.503. The summed E-state index contributed by atoms with van der Waals surface area (Å²) in [4.78, 5) is 0. The van der Waals surface area contributed by atoms with Gasteiger partial charge in [-0.3, -0.25) is 4.57 Å². The van der Waals surface area contributed by atoms with Gasteiger partial charge in [-0.15, -0.1) is 0 Å². The van der Waals surface area contributed by atoms with Gasteiger partial charge in [0.1, 0.15) is 5.75 Å². The van der Waals surface area contributed by atoms with Crippen LogP contribution in [0.25, 0.3) is 11.1 Å². The van der Waals surface area contributed by atoms with Crippen molar-refractivity contribution in [2.45, 2.75) is 0 Å². The molecule has 0 atom stereocenters. The van der Waals surface area contributed by atoms with Gasteiger partial charge in [-0.2, -0.15) is 0 Å². The monoisotopic (exact) mass is 370 g/mol. The fraction of sp³-hybridized carbons (Fsp3) is 0. The Labute approximate surface area is 159 Å². The van der Waals surface area contributed by atoms with E-state index < -0.39 is 7.37 Å². The molecule has 0 aliphatic rings. The van der Waals surface area contributed by atoms with E-state index in [1.807, 2.05) is 115 Å². The number of benzene rings is 4. The molecule has 0 unspecified atom stereocenters. The molecule has 132 valence electrons. The highest BCUT2D eigenvalue weighted by Gasteiger charge is 2.30. The second-order valence-corrected chi connectivity index (χ2v) is 8.49. The number of hydrogen-bond donors (Lipinski definition) is 0. The highest BCUT2D eigenvalue weighted by Crippen LogP contribution is 2.47. The minimum absolute atomic E-state index is 0.611. The van der Waals surface area contributed by atoms with Gasteiger partial charge >= 0.3 is 7.37 Å². The summed E-state index contributed by atoms with van der Waals surface area (Å²) in [6.45, 7) is 0. The molecule has 0 N–H and O–H groups in total. The highest BCUT2D eigenvalue weighted by molar-refractivity contribution is 7.74. The standard InChI is InChI=1S/C24H19O2P/c25-27(21-14-6-2-7-15-21,22-16-8-3-9-17-22)26-24-19-11-10-18-23(24)20-12-4-1-5-13-20/h1-19H. The van der Waals surface area contributed by atoms with Gasteiger partial charge < -0.3 is 4.52 Å². The van der Waals surface area contributed by atoms with Crippen LogP contribution in [0.1, 0.15) is 0 Å². The average molecular weight is 370 g/mol. The lowest BCUT2D eigenvalue weighted by Crippen LogP contribution is -2.20. The third-order valence-electron chi connectivity index (χ3n) is 4.39. The predicted molar refractivity (Wildman–Crippen MR) is 112 cm³/mol. The van der Waals surface area contributed by atoms with Crippen molar-refractivity contribution >= 4 is 18.0 Å². The molecule has 0 saturated heterocycles. The van der Waals surface area contributed by atoms with Crippen molar-refractivity contribution in [3.05, 3.63) is 115 Å². The van der Waals surface area contributed by atoms with Gasteiger partial charge in [0.2, 0.25) is 0 Å². The molecule has 0 spiro atoms. The van der Waals surface area contributed by atoms with Gasteiger partial charge in [0.25, 0.3) is 0 Å². The third kappa shape index (κ3) is 3.58. The first-order chi connectivity index (χ1) is 13.3. The number of para-hydroxylation sites is 1. The summed E-state index contributed by atoms with van der Waals surface area (Å²) < 4.78 is 20.5. The van der Waals surface area contributed by atoms with Crippen molar-refractivity contribution in [1.29, 1.82) is 0 Å². The number of hydrogen-bond acceptors (Lipinski definition) is 2. The molecule has 0 bridgehead atoms. The van der Waals surface area contributed by atoms with Crippen LogP contribution in [0.15, 0.2) is 115 Å². The quantitative estimate of drug-likeness (QED) is 0.424. The van der Waals surface area contributed by atoms with Crippen LogP contribution in [0.4, 0.5) is 0 Å². The average Bonchev–Trinajstić information content (AvgIpc) is 2.76. The maximum absolute atomic E-state index is 14.1. The lowest BCUT2D eigenvalue weighted by Gasteiger charge is -2.22. The molecule has 4 aromatic carbocycles. The highest BCUT2D eigenvalue weighted by atomic mass is 31.2. The molecular formula is C24H19O2P. The Kier molecular flexibility index (Phi) is 4.91. The third-order valence-corrected chi connectivity index (χ3v) is 6.80. The summed E-state index contributed by atoms with van der Waals surface area (Å²) in [5.41, 5.74) is 1.95. The molecule has 0 aliphatic heterocycles. The van der Waals surface area contributed by atoms with Crippen LogP contribution in [0.3, 0.4) is 0 Å². The molecule has 0 aliphatic carbocycles. The molecule has 0 saturated carbocycles. The summed E-state index contributed by atoms with van der Waals surface area (Å²) in [5.74, 6) is 0.611. The van der Waals surface area contributed by atoms with E-state index in [4.69, 9.17) is 4.52 Å². The van der Waals surface area contributed by atoms with E-state index in [1.54, 1.807) is 0 Å². The minimum Gasteiger partial charge on any atom is -0.436 e. The molecular weight excluding hydrogens is 351 g/mol. The zero-order valence-corrected chi connectivity index (χ0v) is 15.6. The zero-order valence-electron chi connectivity index (χ0n) is 14.7. The molecule has 4 aromatic rings. The van der Waals surface area contributed by atoms with Crippen molar-refractivity contribution in [3.8, 4) is 16.9 Å². The van der Waals surface area contributed by atoms with E-state index in [2.05, 4.69) is 0 Å². The Morgan fingerprint density at radius 3 is 1.52 bits per heavy atom. The number of rotatable bonds is 5. The van der Waals surface area contributed by atoms with Crippen LogP contribution in [-0.2, 0) is 4.57 Å². The second kappa shape index (κ2) is 7.65. The predicted octanol–water partition coefficient (Wildman–Crippen LogP) is 5.66. The van der Waals surface area contributed by atoms with Crippen LogP contribution >= 0.6 is 7.37 Å². The largest absolute Gasteiger partial charge is 0.436 e. The summed E-state index contributed by atoms with van der Waals surface area (Å²) in [6, 6.07) is 36.5. The van der Waals surface area contributed by atoms with Gasteiger partial charge in [0.15, 0.2) is 0 Å². The first kappa shape index (κ1) is 17.3. The zero-order chi connectivity index (χ0) is 18.5. The van der Waals surface area contributed by atoms with Crippen molar-refractivity contribution in [2.24, 2.45) is 0 Å². The Bertz CT molecular complexity index is 1020. The van der Waals surface area contributed by atoms with Gasteiger partial charge in [-0.05, 0) is 35.9 Å². The Hall–Kier alpha value is -3.09. The summed E-state index contributed by atoms with van der Waals surface area (Å²) in [7, 11) is -3.29. The van der Waals surface area contributed by atoms with E-state index in [1.165, 1.54) is 0 Å². The van der Waals surface area contributed by atoms with E-state index in [0.717, 1.165) is 11.1 Å². The van der Waals surface area contributed by atoms with Crippen LogP contribution < -0.4 is 15.1 Å². The smallest absolute Gasteiger partial charge is 0.306 e. The van der Waals surface area contributed by atoms with Crippen LogP contribution in [0, 0.1) is 0 Å². The maximum Gasteiger partial charge on any atom is 0.306 e. The van der Waals surface area contributed by atoms with E-state index in [0.29, 0.717) is 16.4 Å². The van der Waals surface area contributed by atoms with Crippen molar-refractivity contribution < 1.29 is 9.09 Å². The summed E-state index contributed by atoms with van der Waals surface area (Å²) >= 11 is 0. The fourth-order valence-corrected chi connectivity index (χ4v) is 5.12. The minimum atomic E-state index is -3.29. The second-order valence-electron chi connectivity index (χ2n) is 6.18. The van der Waals surface area contributed by atoms with Gasteiger partial charge in [-0.1, -0.05) is 84.9 Å². The van der Waals surface area contributed by atoms with Crippen molar-refractivity contribution in [1.82, 2.24) is 0 Å². The Morgan fingerprint density at radius 2 is 0.963 bits per heavy atom. The van der Waals surface area contributed by atoms with Crippen LogP contribution in [0.5, 0.6) is 5.75 Å². The first-order valence-electron chi connectivity index (χ1n) is 8.83. The SMILES string of the molecule is O=P(Oc1ccccc1-c1ccccc1)(c1ccccc1)c1ccccc1. The van der Waals surface area contributed by atoms with Gasteiger partial charge in [0, 0.05) is 5.56 Å². The Morgan fingerprint density at radius 1 is 0.519 bits per heavy atom. The molecule has 0 amide bonds. The fourth-order valence-electron chi connectivity index (χ4n) is 3.04. The first-order valence-corrected chi connectivity index (χ1v) is 10.5. The topological polar surface area (TPSA) is 26.3 Å². The van der Waals surface area contributed by atoms with Gasteiger partial charge in [-0.25, -0.2) is 0 Å². The molecule has 0 heterocycles. The molecule has 0 fully saturated rings. The molecule has 27 heavy (non-hydrogen) atoms. The molecule has 0 aromatic heterocycles. The summed E-state index contributed by atoms with van der Waals surface area (Å²) in [5, 5.41) is 1.36. The van der Waals surface area contributed by atoms with Gasteiger partial charge in [0.05, 0.1) is 10.6 Å². The Balaban J connectivity index is 1.85. The van der Waals surface area contributed by atoms with E-state index >= 15 is 0 Å². The van der Waals surface area contributed by atoms with E-state index in [-0.39, 0.29) is 0 Å². The van der Waals surface area contributed by atoms with Crippen LogP contribution in [0.2, 0.25) is 0 Å². The van der Waals surface area contributed by atoms with Crippen LogP contribution in [-0.4, -0.2) is 0 Å². The van der Waals surface area contributed by atoms with Crippen molar-refractivity contribution in [2.75, 3.05) is 0 Å². The van der Waals surface area contributed by atoms with Crippen molar-refractivity contribution in [3.63, 3.8) is 0 Å². The summed E-state index contributed by atoms with van der Waals surface area (Å²) in [6.07, 6.45) is 0. The molecule has 4 rings (SSSR count). The molecule has 0 radical (unpaired) electrons. The normalized spacial score (nSPS) is 11.1. The maximum atomic E-state index is 14.1. The molecule has 3 heteroatoms. The molecule has 2 nitrogen and oxygen atoms in total. The lowest BCUT2D eigenvalue weighted by atomic mass is 10.1. The van der Waals surface area contributed by atoms with E-state index in [9.17, 15) is 4.57 Å².